The molecule has 31 heavy (non-hydrogen) atoms. The van der Waals surface area contributed by atoms with Crippen LogP contribution in [0.4, 0.5) is 16.3 Å². The van der Waals surface area contributed by atoms with E-state index < -0.39 is 5.60 Å². The van der Waals surface area contributed by atoms with Crippen LogP contribution in [-0.2, 0) is 24.2 Å². The van der Waals surface area contributed by atoms with Crippen molar-refractivity contribution < 1.29 is 9.53 Å². The molecule has 0 radical (unpaired) electrons. The Balaban J connectivity index is 1.66. The molecule has 5 heteroatoms. The Labute approximate surface area is 184 Å². The zero-order valence-corrected chi connectivity index (χ0v) is 18.4. The number of pyridine rings is 1. The van der Waals surface area contributed by atoms with Gasteiger partial charge in [-0.05, 0) is 56.0 Å². The number of aromatic nitrogens is 1. The molecule has 0 atom stereocenters. The monoisotopic (exact) mass is 415 g/mol. The molecule has 0 bridgehead atoms. The number of para-hydroxylation sites is 1. The van der Waals surface area contributed by atoms with Gasteiger partial charge in [0.2, 0.25) is 0 Å². The predicted octanol–water partition coefficient (Wildman–Crippen LogP) is 5.71. The van der Waals surface area contributed by atoms with Gasteiger partial charge >= 0.3 is 6.09 Å². The molecular weight excluding hydrogens is 386 g/mol. The van der Waals surface area contributed by atoms with Gasteiger partial charge in [-0.25, -0.2) is 9.78 Å². The fourth-order valence-corrected chi connectivity index (χ4v) is 3.93. The smallest absolute Gasteiger partial charge is 0.410 e. The lowest BCUT2D eigenvalue weighted by atomic mass is 10.1. The summed E-state index contributed by atoms with van der Waals surface area (Å²) in [7, 11) is 0. The summed E-state index contributed by atoms with van der Waals surface area (Å²) in [5, 5.41) is 0. The lowest BCUT2D eigenvalue weighted by Gasteiger charge is -2.29. The van der Waals surface area contributed by atoms with Crippen molar-refractivity contribution in [2.24, 2.45) is 0 Å². The molecule has 1 aromatic heterocycles. The lowest BCUT2D eigenvalue weighted by Crippen LogP contribution is -2.36. The van der Waals surface area contributed by atoms with Crippen molar-refractivity contribution in [1.29, 1.82) is 0 Å². The first-order valence-corrected chi connectivity index (χ1v) is 10.7. The number of carbonyl (C=O) groups excluding carboxylic acids is 1. The molecule has 2 heterocycles. The third-order valence-electron chi connectivity index (χ3n) is 5.23. The number of carbonyl (C=O) groups is 1. The molecule has 1 amide bonds. The maximum Gasteiger partial charge on any atom is 0.410 e. The zero-order chi connectivity index (χ0) is 21.8. The van der Waals surface area contributed by atoms with Crippen LogP contribution in [0.3, 0.4) is 0 Å². The van der Waals surface area contributed by atoms with Crippen molar-refractivity contribution in [3.63, 3.8) is 0 Å². The largest absolute Gasteiger partial charge is 0.444 e. The molecule has 0 saturated heterocycles. The number of benzene rings is 2. The van der Waals surface area contributed by atoms with Gasteiger partial charge in [0.1, 0.15) is 11.4 Å². The van der Waals surface area contributed by atoms with Crippen molar-refractivity contribution in [1.82, 2.24) is 9.88 Å². The number of nitrogens with zero attached hydrogens (tertiary/aromatic N) is 3. The van der Waals surface area contributed by atoms with E-state index in [1.165, 1.54) is 5.56 Å². The Kier molecular flexibility index (Phi) is 5.94. The minimum absolute atomic E-state index is 0.309. The van der Waals surface area contributed by atoms with Gasteiger partial charge < -0.3 is 9.64 Å². The first-order chi connectivity index (χ1) is 14.9. The molecule has 0 aliphatic carbocycles. The summed E-state index contributed by atoms with van der Waals surface area (Å²) in [6, 6.07) is 22.3. The maximum atomic E-state index is 13.1. The summed E-state index contributed by atoms with van der Waals surface area (Å²) in [5.74, 6) is 0.931. The van der Waals surface area contributed by atoms with Gasteiger partial charge in [0.05, 0.1) is 12.2 Å². The average molecular weight is 416 g/mol. The summed E-state index contributed by atoms with van der Waals surface area (Å²) in [6.07, 6.45) is 2.47. The van der Waals surface area contributed by atoms with E-state index in [2.05, 4.69) is 28.1 Å². The predicted molar refractivity (Wildman–Crippen MR) is 123 cm³/mol. The fraction of sp³-hybridized carbons (Fsp3) is 0.308. The van der Waals surface area contributed by atoms with Crippen LogP contribution < -0.4 is 4.90 Å². The molecule has 4 rings (SSSR count). The van der Waals surface area contributed by atoms with E-state index in [0.717, 1.165) is 35.6 Å². The van der Waals surface area contributed by atoms with Gasteiger partial charge in [-0.1, -0.05) is 54.6 Å². The number of fused-ring (bicyclic) bond motifs is 1. The van der Waals surface area contributed by atoms with Gasteiger partial charge in [0, 0.05) is 19.3 Å². The van der Waals surface area contributed by atoms with Crippen LogP contribution in [-0.4, -0.2) is 28.1 Å². The fourth-order valence-electron chi connectivity index (χ4n) is 3.93. The highest BCUT2D eigenvalue weighted by Gasteiger charge is 2.28. The molecule has 0 N–H and O–H groups in total. The second kappa shape index (κ2) is 8.80. The van der Waals surface area contributed by atoms with Gasteiger partial charge in [0.25, 0.3) is 0 Å². The lowest BCUT2D eigenvalue weighted by molar-refractivity contribution is 0.0217. The summed E-state index contributed by atoms with van der Waals surface area (Å²) in [4.78, 5) is 21.7. The Morgan fingerprint density at radius 3 is 2.48 bits per heavy atom. The second-order valence-corrected chi connectivity index (χ2v) is 8.84. The van der Waals surface area contributed by atoms with Crippen LogP contribution in [0, 0.1) is 0 Å². The van der Waals surface area contributed by atoms with Crippen LogP contribution in [0.5, 0.6) is 0 Å². The van der Waals surface area contributed by atoms with E-state index in [1.807, 2.05) is 75.5 Å². The molecule has 2 aromatic carbocycles. The highest BCUT2D eigenvalue weighted by Crippen LogP contribution is 2.37. The van der Waals surface area contributed by atoms with Gasteiger partial charge in [-0.2, -0.15) is 0 Å². The molecule has 160 valence electrons. The van der Waals surface area contributed by atoms with Crippen molar-refractivity contribution in [2.45, 2.75) is 45.9 Å². The number of hydrogen-bond acceptors (Lipinski definition) is 4. The van der Waals surface area contributed by atoms with Crippen LogP contribution in [0.1, 0.15) is 37.5 Å². The normalized spacial score (nSPS) is 13.1. The van der Waals surface area contributed by atoms with E-state index in [4.69, 9.17) is 4.74 Å². The summed E-state index contributed by atoms with van der Waals surface area (Å²) in [6.45, 7) is 7.53. The van der Waals surface area contributed by atoms with Crippen molar-refractivity contribution in [2.75, 3.05) is 11.4 Å². The molecule has 0 spiro atoms. The average Bonchev–Trinajstić information content (AvgIpc) is 3.19. The molecule has 0 saturated carbocycles. The van der Waals surface area contributed by atoms with Crippen LogP contribution >= 0.6 is 0 Å². The molecule has 1 aliphatic heterocycles. The van der Waals surface area contributed by atoms with Gasteiger partial charge in [-0.3, -0.25) is 4.90 Å². The highest BCUT2D eigenvalue weighted by molar-refractivity contribution is 5.73. The number of rotatable bonds is 5. The first kappa shape index (κ1) is 20.9. The quantitative estimate of drug-likeness (QED) is 0.535. The van der Waals surface area contributed by atoms with E-state index >= 15 is 0 Å². The Hall–Kier alpha value is -3.34. The zero-order valence-electron chi connectivity index (χ0n) is 18.4. The maximum absolute atomic E-state index is 13.1. The van der Waals surface area contributed by atoms with Crippen LogP contribution in [0.2, 0.25) is 0 Å². The molecule has 0 unspecified atom stereocenters. The SMILES string of the molecule is CC(C)(C)OC(=O)N(Cc1ccccc1)Cc1cccc2c1N(c1ccccn1)CC2. The van der Waals surface area contributed by atoms with Crippen LogP contribution in [0.15, 0.2) is 72.9 Å². The van der Waals surface area contributed by atoms with E-state index in [-0.39, 0.29) is 6.09 Å². The third-order valence-corrected chi connectivity index (χ3v) is 5.23. The molecule has 0 fully saturated rings. The van der Waals surface area contributed by atoms with Crippen molar-refractivity contribution in [3.05, 3.63) is 89.6 Å². The van der Waals surface area contributed by atoms with Crippen molar-refractivity contribution in [3.8, 4) is 0 Å². The molecular formula is C26H29N3O2. The summed E-state index contributed by atoms with van der Waals surface area (Å²) in [5.41, 5.74) is 4.06. The Morgan fingerprint density at radius 1 is 1.00 bits per heavy atom. The number of hydrogen-bond donors (Lipinski definition) is 0. The van der Waals surface area contributed by atoms with Crippen LogP contribution in [0.25, 0.3) is 0 Å². The molecule has 5 nitrogen and oxygen atoms in total. The summed E-state index contributed by atoms with van der Waals surface area (Å²) >= 11 is 0. The Bertz CT molecular complexity index is 1030. The topological polar surface area (TPSA) is 45.7 Å². The van der Waals surface area contributed by atoms with E-state index in [0.29, 0.717) is 13.1 Å². The van der Waals surface area contributed by atoms with Gasteiger partial charge in [-0.15, -0.1) is 0 Å². The minimum Gasteiger partial charge on any atom is -0.444 e. The number of anilines is 2. The molecule has 3 aromatic rings. The van der Waals surface area contributed by atoms with E-state index in [9.17, 15) is 4.79 Å². The van der Waals surface area contributed by atoms with Gasteiger partial charge in [0.15, 0.2) is 0 Å². The minimum atomic E-state index is -0.551. The number of amides is 1. The third kappa shape index (κ3) is 5.05. The van der Waals surface area contributed by atoms with E-state index in [1.54, 1.807) is 4.90 Å². The highest BCUT2D eigenvalue weighted by atomic mass is 16.6. The van der Waals surface area contributed by atoms with Crippen molar-refractivity contribution >= 4 is 17.6 Å². The standard InChI is InChI=1S/C26H29N3O2/c1-26(2,3)31-25(30)28(18-20-10-5-4-6-11-20)19-22-13-9-12-21-15-17-29(24(21)22)23-14-7-8-16-27-23/h4-14,16H,15,17-19H2,1-3H3. The first-order valence-electron chi connectivity index (χ1n) is 10.7. The summed E-state index contributed by atoms with van der Waals surface area (Å²) < 4.78 is 5.74. The second-order valence-electron chi connectivity index (χ2n) is 8.84. The Morgan fingerprint density at radius 2 is 1.77 bits per heavy atom. The number of ether oxygens (including phenoxy) is 1. The molecule has 1 aliphatic rings.